The van der Waals surface area contributed by atoms with Crippen LogP contribution in [0.25, 0.3) is 0 Å². The van der Waals surface area contributed by atoms with Gasteiger partial charge < -0.3 is 14.2 Å². The summed E-state index contributed by atoms with van der Waals surface area (Å²) in [4.78, 5) is 37.8. The van der Waals surface area contributed by atoms with Crippen molar-refractivity contribution in [3.63, 3.8) is 0 Å². The Hall–Kier alpha value is -4.97. The highest BCUT2D eigenvalue weighted by Gasteiger charge is 2.19. The molecule has 0 aromatic carbocycles. The molecule has 0 aromatic rings. The van der Waals surface area contributed by atoms with Gasteiger partial charge in [0.05, 0.1) is 0 Å². The first kappa shape index (κ1) is 58.0. The van der Waals surface area contributed by atoms with Crippen molar-refractivity contribution in [1.82, 2.24) is 0 Å². The lowest BCUT2D eigenvalue weighted by Gasteiger charge is -2.18. The van der Waals surface area contributed by atoms with E-state index in [0.717, 1.165) is 96.3 Å². The van der Waals surface area contributed by atoms with Crippen LogP contribution < -0.4 is 0 Å². The van der Waals surface area contributed by atoms with Gasteiger partial charge in [-0.05, 0) is 89.9 Å². The number of unbranched alkanes of at least 4 members (excludes halogenated alkanes) is 9. The zero-order valence-electron chi connectivity index (χ0n) is 39.5. The molecule has 1 atom stereocenters. The number of hydrogen-bond acceptors (Lipinski definition) is 6. The quantitative estimate of drug-likeness (QED) is 0.0201. The first-order valence-electron chi connectivity index (χ1n) is 24.1. The van der Waals surface area contributed by atoms with E-state index in [1.165, 1.54) is 12.8 Å². The molecule has 6 heteroatoms. The molecule has 0 bridgehead atoms. The second kappa shape index (κ2) is 49.7. The van der Waals surface area contributed by atoms with Gasteiger partial charge in [0.15, 0.2) is 6.10 Å². The van der Waals surface area contributed by atoms with Gasteiger partial charge in [0.1, 0.15) is 13.2 Å². The molecule has 0 rings (SSSR count). The molecule has 0 saturated heterocycles. The normalized spacial score (nSPS) is 13.5. The summed E-state index contributed by atoms with van der Waals surface area (Å²) < 4.78 is 16.6. The predicted molar refractivity (Wildman–Crippen MR) is 269 cm³/mol. The lowest BCUT2D eigenvalue weighted by molar-refractivity contribution is -0.166. The Bertz CT molecular complexity index is 1510. The van der Waals surface area contributed by atoms with Gasteiger partial charge in [0.2, 0.25) is 0 Å². The van der Waals surface area contributed by atoms with Crippen LogP contribution in [0.3, 0.4) is 0 Å². The number of carbonyl (C=O) groups excluding carboxylic acids is 3. The van der Waals surface area contributed by atoms with E-state index in [4.69, 9.17) is 14.2 Å². The first-order chi connectivity index (χ1) is 31.0. The lowest BCUT2D eigenvalue weighted by Crippen LogP contribution is -2.30. The molecule has 0 radical (unpaired) electrons. The summed E-state index contributed by atoms with van der Waals surface area (Å²) in [5, 5.41) is 0. The van der Waals surface area contributed by atoms with Gasteiger partial charge in [0, 0.05) is 19.3 Å². The van der Waals surface area contributed by atoms with Gasteiger partial charge in [-0.3, -0.25) is 14.4 Å². The van der Waals surface area contributed by atoms with E-state index in [-0.39, 0.29) is 38.0 Å². The maximum atomic E-state index is 12.7. The molecule has 0 aromatic heterocycles. The second-order valence-electron chi connectivity index (χ2n) is 15.1. The number of hydrogen-bond donors (Lipinski definition) is 0. The largest absolute Gasteiger partial charge is 0.462 e. The van der Waals surface area contributed by atoms with Crippen LogP contribution in [0.2, 0.25) is 0 Å². The SMILES string of the molecule is CC\C=C/C=C\C=C/C=C\C=C\C=C/C=C\CCCCCC(=O)OCC(COC(=O)CCCCCC/C=C\CCCC)OC(=O)CC/C=C\C/C=C\C/C=C\C/C=C\C/C=C\CC. The average molecular weight is 865 g/mol. The fourth-order valence-electron chi connectivity index (χ4n) is 5.63. The van der Waals surface area contributed by atoms with Crippen molar-refractivity contribution in [2.24, 2.45) is 0 Å². The molecule has 6 nitrogen and oxygen atoms in total. The third-order valence-electron chi connectivity index (χ3n) is 9.21. The van der Waals surface area contributed by atoms with Crippen LogP contribution >= 0.6 is 0 Å². The molecule has 0 spiro atoms. The molecule has 0 heterocycles. The number of ether oxygens (including phenoxy) is 3. The molecular formula is C57H84O6. The molecule has 1 unspecified atom stereocenters. The predicted octanol–water partition coefficient (Wildman–Crippen LogP) is 15.9. The second-order valence-corrected chi connectivity index (χ2v) is 15.1. The number of esters is 3. The smallest absolute Gasteiger partial charge is 0.306 e. The monoisotopic (exact) mass is 865 g/mol. The Morgan fingerprint density at radius 2 is 0.730 bits per heavy atom. The summed E-state index contributed by atoms with van der Waals surface area (Å²) in [6.45, 7) is 6.17. The molecule has 0 aliphatic rings. The molecular weight excluding hydrogens is 781 g/mol. The number of allylic oxidation sites excluding steroid dienone is 26. The Morgan fingerprint density at radius 3 is 1.22 bits per heavy atom. The highest BCUT2D eigenvalue weighted by Crippen LogP contribution is 2.10. The van der Waals surface area contributed by atoms with Crippen LogP contribution in [-0.2, 0) is 28.6 Å². The standard InChI is InChI=1S/C57H84O6/c1-4-7-10-13-16-19-22-24-26-28-29-30-32-33-35-38-41-44-47-50-56(59)62-53-54(52-61-55(58)49-46-43-40-37-21-18-15-12-9-6-3)63-57(60)51-48-45-42-39-36-34-31-27-25-23-20-17-14-11-8-5-2/h7-8,10-11,13,15-20,22,24-30,32-36,42,45,54H,4-6,9,12,14,21,23,31,37-41,43-44,46-53H2,1-3H3/b10-7-,11-8-,16-13-,18-15-,20-17-,22-19-,26-24-,27-25-,29-28+,32-30-,35-33-,36-34-,45-42-. The number of carbonyl (C=O) groups is 3. The van der Waals surface area contributed by atoms with Crippen LogP contribution in [-0.4, -0.2) is 37.2 Å². The van der Waals surface area contributed by atoms with Gasteiger partial charge in [-0.1, -0.05) is 211 Å². The van der Waals surface area contributed by atoms with Crippen LogP contribution in [0.5, 0.6) is 0 Å². The lowest BCUT2D eigenvalue weighted by atomic mass is 10.1. The summed E-state index contributed by atoms with van der Waals surface area (Å²) >= 11 is 0. The van der Waals surface area contributed by atoms with Crippen LogP contribution in [0.4, 0.5) is 0 Å². The summed E-state index contributed by atoms with van der Waals surface area (Å²) in [6, 6.07) is 0. The fourth-order valence-corrected chi connectivity index (χ4v) is 5.63. The van der Waals surface area contributed by atoms with Gasteiger partial charge in [0.25, 0.3) is 0 Å². The Balaban J connectivity index is 4.63. The molecule has 0 N–H and O–H groups in total. The third kappa shape index (κ3) is 47.9. The molecule has 0 saturated carbocycles. The Morgan fingerprint density at radius 1 is 0.349 bits per heavy atom. The van der Waals surface area contributed by atoms with Gasteiger partial charge in [-0.25, -0.2) is 0 Å². The van der Waals surface area contributed by atoms with E-state index in [2.05, 4.69) is 93.7 Å². The minimum absolute atomic E-state index is 0.137. The van der Waals surface area contributed by atoms with Crippen molar-refractivity contribution in [1.29, 1.82) is 0 Å². The zero-order chi connectivity index (χ0) is 45.8. The van der Waals surface area contributed by atoms with Crippen molar-refractivity contribution in [3.8, 4) is 0 Å². The van der Waals surface area contributed by atoms with Crippen LogP contribution in [0.1, 0.15) is 162 Å². The molecule has 63 heavy (non-hydrogen) atoms. The van der Waals surface area contributed by atoms with E-state index in [1.807, 2.05) is 85.1 Å². The first-order valence-corrected chi connectivity index (χ1v) is 24.1. The van der Waals surface area contributed by atoms with Crippen molar-refractivity contribution in [3.05, 3.63) is 158 Å². The maximum Gasteiger partial charge on any atom is 0.306 e. The van der Waals surface area contributed by atoms with Gasteiger partial charge in [-0.2, -0.15) is 0 Å². The molecule has 348 valence electrons. The van der Waals surface area contributed by atoms with Crippen molar-refractivity contribution in [2.45, 2.75) is 168 Å². The molecule has 0 aliphatic carbocycles. The third-order valence-corrected chi connectivity index (χ3v) is 9.21. The van der Waals surface area contributed by atoms with Crippen molar-refractivity contribution in [2.75, 3.05) is 13.2 Å². The zero-order valence-corrected chi connectivity index (χ0v) is 39.5. The van der Waals surface area contributed by atoms with Crippen molar-refractivity contribution < 1.29 is 28.6 Å². The molecule has 0 aliphatic heterocycles. The summed E-state index contributed by atoms with van der Waals surface area (Å²) in [5.41, 5.74) is 0. The summed E-state index contributed by atoms with van der Waals surface area (Å²) in [6.07, 6.45) is 72.3. The Labute approximate surface area is 384 Å². The maximum absolute atomic E-state index is 12.7. The minimum atomic E-state index is -0.848. The van der Waals surface area contributed by atoms with Crippen LogP contribution in [0, 0.1) is 0 Å². The van der Waals surface area contributed by atoms with E-state index >= 15 is 0 Å². The molecule has 0 fully saturated rings. The molecule has 0 amide bonds. The van der Waals surface area contributed by atoms with E-state index in [9.17, 15) is 14.4 Å². The van der Waals surface area contributed by atoms with E-state index in [0.29, 0.717) is 19.3 Å². The Kier molecular flexibility index (Phi) is 45.8. The minimum Gasteiger partial charge on any atom is -0.462 e. The summed E-state index contributed by atoms with van der Waals surface area (Å²) in [5.74, 6) is -1.10. The van der Waals surface area contributed by atoms with E-state index < -0.39 is 12.1 Å². The highest BCUT2D eigenvalue weighted by molar-refractivity contribution is 5.71. The topological polar surface area (TPSA) is 78.9 Å². The van der Waals surface area contributed by atoms with Crippen LogP contribution in [0.15, 0.2) is 158 Å². The van der Waals surface area contributed by atoms with Crippen molar-refractivity contribution >= 4 is 17.9 Å². The highest BCUT2D eigenvalue weighted by atomic mass is 16.6. The van der Waals surface area contributed by atoms with Gasteiger partial charge in [-0.15, -0.1) is 0 Å². The van der Waals surface area contributed by atoms with Gasteiger partial charge >= 0.3 is 17.9 Å². The summed E-state index contributed by atoms with van der Waals surface area (Å²) in [7, 11) is 0. The fraction of sp³-hybridized carbons (Fsp3) is 0.491. The van der Waals surface area contributed by atoms with E-state index in [1.54, 1.807) is 0 Å². The number of rotatable bonds is 40. The average Bonchev–Trinajstić information content (AvgIpc) is 3.28.